The van der Waals surface area contributed by atoms with Gasteiger partial charge >= 0.3 is 6.43 Å². The van der Waals surface area contributed by atoms with Gasteiger partial charge in [-0.3, -0.25) is 4.98 Å². The Morgan fingerprint density at radius 3 is 2.50 bits per heavy atom. The lowest BCUT2D eigenvalue weighted by molar-refractivity contribution is 0.116. The Kier molecular flexibility index (Phi) is 6.10. The monoisotopic (exact) mass is 469 g/mol. The summed E-state index contributed by atoms with van der Waals surface area (Å²) >= 11 is 0. The minimum absolute atomic E-state index is 0.0545. The molecule has 11 heteroatoms. The van der Waals surface area contributed by atoms with Crippen LogP contribution in [0.1, 0.15) is 42.3 Å². The summed E-state index contributed by atoms with van der Waals surface area (Å²) in [4.78, 5) is 6.42. The van der Waals surface area contributed by atoms with E-state index in [1.165, 1.54) is 16.4 Å². The quantitative estimate of drug-likeness (QED) is 0.416. The second kappa shape index (κ2) is 9.34. The van der Waals surface area contributed by atoms with Gasteiger partial charge in [0.25, 0.3) is 5.89 Å². The molecule has 0 atom stereocenters. The number of piperidine rings is 1. The van der Waals surface area contributed by atoms with Crippen molar-refractivity contribution in [2.24, 2.45) is 0 Å². The summed E-state index contributed by atoms with van der Waals surface area (Å²) in [6, 6.07) is 9.47. The summed E-state index contributed by atoms with van der Waals surface area (Å²) in [5.41, 5.74) is 3.17. The fourth-order valence-electron chi connectivity index (χ4n) is 4.07. The van der Waals surface area contributed by atoms with Crippen LogP contribution in [-0.4, -0.2) is 55.2 Å². The van der Waals surface area contributed by atoms with Gasteiger partial charge in [0.05, 0.1) is 24.0 Å². The molecule has 0 bridgehead atoms. The van der Waals surface area contributed by atoms with Crippen molar-refractivity contribution in [2.75, 3.05) is 20.1 Å². The molecule has 0 spiro atoms. The molecule has 8 nitrogen and oxygen atoms in total. The zero-order chi connectivity index (χ0) is 23.7. The molecule has 1 aliphatic heterocycles. The molecule has 176 valence electrons. The van der Waals surface area contributed by atoms with Crippen LogP contribution >= 0.6 is 0 Å². The van der Waals surface area contributed by atoms with Gasteiger partial charge in [0.2, 0.25) is 5.89 Å². The summed E-state index contributed by atoms with van der Waals surface area (Å²) in [6.45, 7) is 2.27. The zero-order valence-electron chi connectivity index (χ0n) is 18.4. The van der Waals surface area contributed by atoms with E-state index >= 15 is 0 Å². The standard InChI is InChI=1S/C23H22F3N7O/c1-32-8-6-15(7-9-32)14-2-4-16(5-3-14)19-12-33(31-28-19)13-20-18(24)10-17(11-27-20)22-29-30-23(34-22)21(25)26/h2-5,10-12,15,21H,6-9,13H2,1H3. The van der Waals surface area contributed by atoms with Gasteiger partial charge in [-0.2, -0.15) is 8.78 Å². The van der Waals surface area contributed by atoms with Crippen LogP contribution in [0.4, 0.5) is 13.2 Å². The van der Waals surface area contributed by atoms with E-state index in [-0.39, 0.29) is 23.7 Å². The SMILES string of the molecule is CN1CCC(c2ccc(-c3cn(Cc4ncc(-c5nnc(C(F)F)o5)cc4F)nn3)cc2)CC1. The normalized spacial score (nSPS) is 15.3. The predicted octanol–water partition coefficient (Wildman–Crippen LogP) is 4.32. The number of hydrogen-bond donors (Lipinski definition) is 0. The first-order chi connectivity index (χ1) is 16.5. The van der Waals surface area contributed by atoms with Gasteiger partial charge in [-0.15, -0.1) is 15.3 Å². The summed E-state index contributed by atoms with van der Waals surface area (Å²) in [5.74, 6) is -1.12. The maximum atomic E-state index is 14.6. The number of halogens is 3. The number of nitrogens with zero attached hydrogens (tertiary/aromatic N) is 7. The second-order valence-electron chi connectivity index (χ2n) is 8.40. The lowest BCUT2D eigenvalue weighted by atomic mass is 9.89. The predicted molar refractivity (Wildman–Crippen MR) is 116 cm³/mol. The van der Waals surface area contributed by atoms with Crippen molar-refractivity contribution in [3.05, 3.63) is 65.7 Å². The molecule has 3 aromatic heterocycles. The Hall–Kier alpha value is -3.60. The fraction of sp³-hybridized carbons (Fsp3) is 0.348. The number of likely N-dealkylation sites (tertiary alicyclic amines) is 1. The molecular formula is C23H22F3N7O. The third-order valence-corrected chi connectivity index (χ3v) is 6.04. The van der Waals surface area contributed by atoms with E-state index in [1.54, 1.807) is 6.20 Å². The molecule has 0 aliphatic carbocycles. The molecule has 1 aliphatic rings. The van der Waals surface area contributed by atoms with E-state index in [0.29, 0.717) is 11.6 Å². The Labute approximate surface area is 193 Å². The van der Waals surface area contributed by atoms with Crippen molar-refractivity contribution in [1.82, 2.24) is 35.1 Å². The molecule has 4 heterocycles. The van der Waals surface area contributed by atoms with Crippen LogP contribution in [0, 0.1) is 5.82 Å². The van der Waals surface area contributed by atoms with Crippen LogP contribution in [0.25, 0.3) is 22.7 Å². The molecule has 0 saturated carbocycles. The topological polar surface area (TPSA) is 85.8 Å². The Bertz CT molecular complexity index is 1260. The number of pyridine rings is 1. The second-order valence-corrected chi connectivity index (χ2v) is 8.40. The molecule has 1 aromatic carbocycles. The van der Waals surface area contributed by atoms with E-state index in [2.05, 4.69) is 49.6 Å². The third-order valence-electron chi connectivity index (χ3n) is 6.04. The first-order valence-corrected chi connectivity index (χ1v) is 10.9. The molecule has 4 aromatic rings. The molecule has 34 heavy (non-hydrogen) atoms. The van der Waals surface area contributed by atoms with E-state index < -0.39 is 18.1 Å². The number of aromatic nitrogens is 6. The van der Waals surface area contributed by atoms with E-state index in [1.807, 2.05) is 12.1 Å². The highest BCUT2D eigenvalue weighted by atomic mass is 19.3. The Balaban J connectivity index is 1.27. The molecule has 0 amide bonds. The Morgan fingerprint density at radius 2 is 1.82 bits per heavy atom. The lowest BCUT2D eigenvalue weighted by Gasteiger charge is -2.29. The zero-order valence-corrected chi connectivity index (χ0v) is 18.4. The Morgan fingerprint density at radius 1 is 1.06 bits per heavy atom. The van der Waals surface area contributed by atoms with Gasteiger partial charge in [0.1, 0.15) is 11.5 Å². The van der Waals surface area contributed by atoms with Gasteiger partial charge in [-0.05, 0) is 50.5 Å². The lowest BCUT2D eigenvalue weighted by Crippen LogP contribution is -2.29. The van der Waals surface area contributed by atoms with E-state index in [9.17, 15) is 13.2 Å². The van der Waals surface area contributed by atoms with Gasteiger partial charge in [-0.25, -0.2) is 9.07 Å². The first-order valence-electron chi connectivity index (χ1n) is 10.9. The molecule has 1 saturated heterocycles. The maximum absolute atomic E-state index is 14.6. The summed E-state index contributed by atoms with van der Waals surface area (Å²) < 4.78 is 46.2. The smallest absolute Gasteiger partial charge is 0.314 e. The van der Waals surface area contributed by atoms with Crippen LogP contribution in [-0.2, 0) is 6.54 Å². The average Bonchev–Trinajstić information content (AvgIpc) is 3.52. The van der Waals surface area contributed by atoms with Crippen LogP contribution in [0.2, 0.25) is 0 Å². The fourth-order valence-corrected chi connectivity index (χ4v) is 4.07. The minimum Gasteiger partial charge on any atom is -0.415 e. The molecule has 1 fully saturated rings. The van der Waals surface area contributed by atoms with Crippen LogP contribution in [0.3, 0.4) is 0 Å². The molecule has 0 radical (unpaired) electrons. The summed E-state index contributed by atoms with van der Waals surface area (Å²) in [5, 5.41) is 15.0. The van der Waals surface area contributed by atoms with Gasteiger partial charge < -0.3 is 9.32 Å². The maximum Gasteiger partial charge on any atom is 0.314 e. The first kappa shape index (κ1) is 22.2. The van der Waals surface area contributed by atoms with Crippen molar-refractivity contribution in [3.63, 3.8) is 0 Å². The largest absolute Gasteiger partial charge is 0.415 e. The van der Waals surface area contributed by atoms with Crippen molar-refractivity contribution < 1.29 is 17.6 Å². The minimum atomic E-state index is -2.90. The summed E-state index contributed by atoms with van der Waals surface area (Å²) in [6.07, 6.45) is 2.44. The van der Waals surface area contributed by atoms with Gasteiger partial charge in [0, 0.05) is 11.8 Å². The van der Waals surface area contributed by atoms with Crippen molar-refractivity contribution in [3.8, 4) is 22.7 Å². The van der Waals surface area contributed by atoms with Gasteiger partial charge in [-0.1, -0.05) is 29.5 Å². The molecule has 0 N–H and O–H groups in total. The van der Waals surface area contributed by atoms with Gasteiger partial charge in [0.15, 0.2) is 0 Å². The third kappa shape index (κ3) is 4.69. The van der Waals surface area contributed by atoms with Crippen LogP contribution in [0.15, 0.2) is 47.1 Å². The average molecular weight is 469 g/mol. The number of benzene rings is 1. The molecular weight excluding hydrogens is 447 g/mol. The van der Waals surface area contributed by atoms with E-state index in [0.717, 1.165) is 37.6 Å². The number of hydrogen-bond acceptors (Lipinski definition) is 7. The van der Waals surface area contributed by atoms with Crippen molar-refractivity contribution >= 4 is 0 Å². The van der Waals surface area contributed by atoms with Crippen LogP contribution in [0.5, 0.6) is 0 Å². The van der Waals surface area contributed by atoms with E-state index in [4.69, 9.17) is 4.42 Å². The molecule has 0 unspecified atom stereocenters. The highest BCUT2D eigenvalue weighted by Gasteiger charge is 2.20. The number of alkyl halides is 2. The highest BCUT2D eigenvalue weighted by molar-refractivity contribution is 5.58. The van der Waals surface area contributed by atoms with Crippen LogP contribution < -0.4 is 0 Å². The van der Waals surface area contributed by atoms with Crippen molar-refractivity contribution in [2.45, 2.75) is 31.7 Å². The van der Waals surface area contributed by atoms with Crippen molar-refractivity contribution in [1.29, 1.82) is 0 Å². The highest BCUT2D eigenvalue weighted by Crippen LogP contribution is 2.29. The number of rotatable bonds is 6. The summed E-state index contributed by atoms with van der Waals surface area (Å²) in [7, 11) is 2.15. The molecule has 5 rings (SSSR count).